The van der Waals surface area contributed by atoms with Gasteiger partial charge in [0.25, 0.3) is 17.7 Å². The molecular formula is C71H83N9O19S. The van der Waals surface area contributed by atoms with Crippen molar-refractivity contribution in [1.82, 2.24) is 34.9 Å². The highest BCUT2D eigenvalue weighted by molar-refractivity contribution is 7.22. The summed E-state index contributed by atoms with van der Waals surface area (Å²) in [6, 6.07) is 21.3. The van der Waals surface area contributed by atoms with Gasteiger partial charge in [0.15, 0.2) is 10.8 Å². The zero-order chi connectivity index (χ0) is 71.2. The van der Waals surface area contributed by atoms with E-state index in [0.717, 1.165) is 63.4 Å². The number of nitrogens with one attached hydrogen (secondary N) is 2. The van der Waals surface area contributed by atoms with Crippen molar-refractivity contribution in [2.45, 2.75) is 135 Å². The third kappa shape index (κ3) is 16.7. The van der Waals surface area contributed by atoms with Gasteiger partial charge in [0.05, 0.1) is 60.3 Å². The fraction of sp³-hybridized carbons (Fsp3) is 0.479. The number of aromatic carboxylic acids is 1. The van der Waals surface area contributed by atoms with Crippen molar-refractivity contribution >= 4 is 80.1 Å². The maximum atomic E-state index is 14.2. The minimum absolute atomic E-state index is 0.0142. The molecule has 8 N–H and O–H groups in total. The standard InChI is InChI=1S/C71H83N9O19S/c1-41-32-69(3)37-70(4,40-80-42(2)49(34-73-80)46-14-15-55(75-60(46)66(92)93)78-22-18-43-8-7-9-47(50(43)35-78)64(89)76-67-74-51-10-5-6-11-54(51)100-67)39-71(33-41,38-69)98-27-25-77(23-20-59(84)85)68(94)97-36-44-12-13-45(30-52(44)99-53-31-48(65(90)91)61(86)63(88)62(53)87)96-29-28-95-26-21-72-56(81)19-24-79-57(82)16-17-58(79)83/h5-17,30,34,41,48,53,61-63,86-88H,18-29,31-33,35-40H2,1-4H3,(H,72,81)(H,84,85)(H,90,91)(H,92,93)(H,74,76,89)/t41?,48-,53+,61+,62-,63-,69?,70?,71?/m0/s1. The lowest BCUT2D eigenvalue weighted by Gasteiger charge is -2.58. The molecule has 0 saturated heterocycles. The number of carbonyl (C=O) groups is 8. The number of aliphatic hydroxyl groups is 3. The Kier molecular flexibility index (Phi) is 22.0. The van der Waals surface area contributed by atoms with Crippen molar-refractivity contribution in [3.63, 3.8) is 0 Å². The molecule has 2 bridgehead atoms. The van der Waals surface area contributed by atoms with Crippen molar-refractivity contribution in [2.24, 2.45) is 22.7 Å². The van der Waals surface area contributed by atoms with E-state index in [1.807, 2.05) is 59.0 Å². The fourth-order valence-corrected chi connectivity index (χ4v) is 16.3. The average molecular weight is 1400 g/mol. The minimum atomic E-state index is -1.89. The Morgan fingerprint density at radius 3 is 2.37 bits per heavy atom. The maximum absolute atomic E-state index is 14.2. The number of para-hydroxylation sites is 1. The molecule has 29 heteroatoms. The van der Waals surface area contributed by atoms with Crippen LogP contribution in [0.15, 0.2) is 91.1 Å². The lowest BCUT2D eigenvalue weighted by molar-refractivity contribution is -0.179. The highest BCUT2D eigenvalue weighted by Crippen LogP contribution is 2.60. The van der Waals surface area contributed by atoms with Gasteiger partial charge in [-0.15, -0.1) is 0 Å². The normalized spacial score (nSPS) is 24.0. The number of carboxylic acid groups (broad SMARTS) is 3. The second-order valence-corrected chi connectivity index (χ2v) is 28.4. The summed E-state index contributed by atoms with van der Waals surface area (Å²) in [7, 11) is 0. The van der Waals surface area contributed by atoms with Gasteiger partial charge in [-0.05, 0) is 116 Å². The Hall–Kier alpha value is -9.39. The summed E-state index contributed by atoms with van der Waals surface area (Å²) in [6.45, 7) is 9.36. The number of carboxylic acids is 3. The third-order valence-electron chi connectivity index (χ3n) is 19.4. The van der Waals surface area contributed by atoms with E-state index < -0.39 is 103 Å². The van der Waals surface area contributed by atoms with E-state index in [1.165, 1.54) is 34.4 Å². The van der Waals surface area contributed by atoms with Gasteiger partial charge in [-0.1, -0.05) is 56.4 Å². The van der Waals surface area contributed by atoms with Gasteiger partial charge in [0.2, 0.25) is 5.91 Å². The highest BCUT2D eigenvalue weighted by Gasteiger charge is 2.56. The molecule has 5 aliphatic rings. The van der Waals surface area contributed by atoms with E-state index in [0.29, 0.717) is 66.5 Å². The van der Waals surface area contributed by atoms with Crippen LogP contribution in [0.5, 0.6) is 11.5 Å². The van der Waals surface area contributed by atoms with Gasteiger partial charge in [0, 0.05) is 105 Å². The van der Waals surface area contributed by atoms with Crippen LogP contribution in [0.2, 0.25) is 0 Å². The minimum Gasteiger partial charge on any atom is -0.491 e. The van der Waals surface area contributed by atoms with E-state index in [-0.39, 0.29) is 99.0 Å². The fourth-order valence-electron chi connectivity index (χ4n) is 15.4. The number of ether oxygens (including phenoxy) is 5. The van der Waals surface area contributed by atoms with Crippen LogP contribution in [-0.4, -0.2) is 197 Å². The molecule has 532 valence electrons. The van der Waals surface area contributed by atoms with Gasteiger partial charge in [-0.3, -0.25) is 43.7 Å². The Balaban J connectivity index is 0.729. The number of hydrogen-bond acceptors (Lipinski definition) is 21. The average Bonchev–Trinajstić information content (AvgIpc) is 1.35. The van der Waals surface area contributed by atoms with Crippen molar-refractivity contribution in [1.29, 1.82) is 0 Å². The molecule has 3 aromatic heterocycles. The van der Waals surface area contributed by atoms with E-state index in [2.05, 4.69) is 36.4 Å². The number of fused-ring (bicyclic) bond motifs is 4. The first-order valence-electron chi connectivity index (χ1n) is 33.4. The summed E-state index contributed by atoms with van der Waals surface area (Å²) >= 11 is 1.39. The van der Waals surface area contributed by atoms with Gasteiger partial charge >= 0.3 is 24.0 Å². The molecule has 2 aliphatic heterocycles. The SMILES string of the molecule is Cc1c(-c2ccc(N3CCc4cccc(C(=O)Nc5nc6ccccc6s5)c4C3)nc2C(=O)O)cnn1CC1(C)CC2(C)CC(C)CC(OCCN(CCC(=O)O)C(=O)OCc3ccc(OCCOCCNC(=O)CCN4C(=O)C=CC4=O)cc3O[C@@H]3C[C@H](C(=O)O)[C@@H](O)[C@H](O)[C@H]3O)(C2)C1. The Labute approximate surface area is 579 Å². The number of amides is 5. The predicted octanol–water partition coefficient (Wildman–Crippen LogP) is 6.63. The number of pyridine rings is 1. The van der Waals surface area contributed by atoms with E-state index in [9.17, 15) is 69.0 Å². The second-order valence-electron chi connectivity index (χ2n) is 27.4. The summed E-state index contributed by atoms with van der Waals surface area (Å²) in [4.78, 5) is 115. The molecule has 3 aromatic carbocycles. The van der Waals surface area contributed by atoms with E-state index in [4.69, 9.17) is 33.8 Å². The first-order valence-corrected chi connectivity index (χ1v) is 34.2. The number of nitrogens with zero attached hydrogens (tertiary/aromatic N) is 7. The first kappa shape index (κ1) is 71.9. The van der Waals surface area contributed by atoms with E-state index >= 15 is 0 Å². The molecule has 11 rings (SSSR count). The van der Waals surface area contributed by atoms with Crippen LogP contribution in [0.4, 0.5) is 15.7 Å². The summed E-state index contributed by atoms with van der Waals surface area (Å²) in [5, 5.41) is 73.6. The van der Waals surface area contributed by atoms with Gasteiger partial charge in [0.1, 0.15) is 48.8 Å². The predicted molar refractivity (Wildman–Crippen MR) is 362 cm³/mol. The van der Waals surface area contributed by atoms with Gasteiger partial charge < -0.3 is 69.4 Å². The Morgan fingerprint density at radius 1 is 0.820 bits per heavy atom. The molecule has 28 nitrogen and oxygen atoms in total. The number of benzene rings is 3. The molecule has 3 fully saturated rings. The third-order valence-corrected chi connectivity index (χ3v) is 20.3. The summed E-state index contributed by atoms with van der Waals surface area (Å²) in [5.41, 5.74) is 3.76. The van der Waals surface area contributed by atoms with Crippen molar-refractivity contribution in [2.75, 3.05) is 69.4 Å². The molecule has 4 unspecified atom stereocenters. The van der Waals surface area contributed by atoms with Crippen LogP contribution in [0.1, 0.15) is 115 Å². The largest absolute Gasteiger partial charge is 0.491 e. The monoisotopic (exact) mass is 1400 g/mol. The number of anilines is 2. The molecule has 3 saturated carbocycles. The quantitative estimate of drug-likeness (QED) is 0.0180. The van der Waals surface area contributed by atoms with Crippen LogP contribution < -0.4 is 25.0 Å². The van der Waals surface area contributed by atoms with E-state index in [1.54, 1.807) is 18.3 Å². The number of rotatable bonds is 29. The van der Waals surface area contributed by atoms with Crippen molar-refractivity contribution in [3.05, 3.63) is 125 Å². The number of imide groups is 1. The number of aromatic nitrogens is 4. The lowest BCUT2D eigenvalue weighted by atomic mass is 9.51. The smallest absolute Gasteiger partial charge is 0.410 e. The second kappa shape index (κ2) is 30.6. The maximum Gasteiger partial charge on any atom is 0.410 e. The molecule has 6 aromatic rings. The first-order chi connectivity index (χ1) is 47.8. The summed E-state index contributed by atoms with van der Waals surface area (Å²) in [5.74, 6) is -6.06. The Morgan fingerprint density at radius 2 is 1.61 bits per heavy atom. The zero-order valence-electron chi connectivity index (χ0n) is 56.0. The molecule has 5 heterocycles. The van der Waals surface area contributed by atoms with Crippen LogP contribution in [0.25, 0.3) is 21.3 Å². The number of thiazole rings is 1. The molecule has 5 amide bonds. The van der Waals surface area contributed by atoms with Crippen LogP contribution in [0.3, 0.4) is 0 Å². The molecule has 100 heavy (non-hydrogen) atoms. The number of aliphatic carboxylic acids is 2. The summed E-state index contributed by atoms with van der Waals surface area (Å²) in [6.07, 6.45) is -0.242. The van der Waals surface area contributed by atoms with Crippen molar-refractivity contribution < 1.29 is 92.7 Å². The highest BCUT2D eigenvalue weighted by atomic mass is 32.1. The van der Waals surface area contributed by atoms with Gasteiger partial charge in [-0.2, -0.15) is 5.10 Å². The molecule has 0 spiro atoms. The van der Waals surface area contributed by atoms with Crippen LogP contribution in [0, 0.1) is 29.6 Å². The zero-order valence-corrected chi connectivity index (χ0v) is 56.8. The topological polar surface area (TPSA) is 381 Å². The number of aliphatic hydroxyl groups excluding tert-OH is 3. The van der Waals surface area contributed by atoms with Crippen LogP contribution in [-0.2, 0) is 64.3 Å². The number of carbonyl (C=O) groups excluding carboxylic acids is 5. The van der Waals surface area contributed by atoms with Gasteiger partial charge in [-0.25, -0.2) is 19.6 Å². The molecule has 3 aliphatic carbocycles. The molecular weight excluding hydrogens is 1310 g/mol. The number of hydrogen-bond donors (Lipinski definition) is 8. The Bertz CT molecular complexity index is 4070. The van der Waals surface area contributed by atoms with Crippen LogP contribution >= 0.6 is 11.3 Å². The lowest BCUT2D eigenvalue weighted by Crippen LogP contribution is -2.57. The molecule has 0 radical (unpaired) electrons. The summed E-state index contributed by atoms with van der Waals surface area (Å²) < 4.78 is 33.4. The van der Waals surface area contributed by atoms with Crippen molar-refractivity contribution in [3.8, 4) is 22.6 Å². The molecule has 9 atom stereocenters.